The maximum Gasteiger partial charge on any atom is 0.220 e. The molecule has 1 aromatic heterocycles. The van der Waals surface area contributed by atoms with E-state index in [-0.39, 0.29) is 12.6 Å². The Labute approximate surface area is 140 Å². The molecule has 0 saturated heterocycles. The van der Waals surface area contributed by atoms with E-state index >= 15 is 0 Å². The third kappa shape index (κ3) is 2.99. The van der Waals surface area contributed by atoms with Gasteiger partial charge in [0.05, 0.1) is 25.1 Å². The maximum atomic E-state index is 9.15. The summed E-state index contributed by atoms with van der Waals surface area (Å²) in [6.07, 6.45) is 0. The molecule has 0 unspecified atom stereocenters. The maximum absolute atomic E-state index is 9.15. The molecule has 0 saturated carbocycles. The summed E-state index contributed by atoms with van der Waals surface area (Å²) >= 11 is 6.43. The molecule has 2 heterocycles. The average Bonchev–Trinajstić information content (AvgIpc) is 2.89. The zero-order valence-electron chi connectivity index (χ0n) is 13.1. The summed E-state index contributed by atoms with van der Waals surface area (Å²) in [7, 11) is 3.57. The van der Waals surface area contributed by atoms with Crippen LogP contribution in [0.25, 0.3) is 11.3 Å². The van der Waals surface area contributed by atoms with Crippen LogP contribution >= 0.6 is 11.6 Å². The van der Waals surface area contributed by atoms with E-state index in [4.69, 9.17) is 27.2 Å². The first-order valence-corrected chi connectivity index (χ1v) is 7.74. The molecule has 0 fully saturated rings. The van der Waals surface area contributed by atoms with Gasteiger partial charge in [-0.1, -0.05) is 11.6 Å². The van der Waals surface area contributed by atoms with Crippen molar-refractivity contribution >= 4 is 30.9 Å². The second kappa shape index (κ2) is 6.35. The van der Waals surface area contributed by atoms with Gasteiger partial charge < -0.3 is 15.6 Å². The molecule has 6 nitrogen and oxygen atoms in total. The van der Waals surface area contributed by atoms with Crippen molar-refractivity contribution in [3.05, 3.63) is 28.4 Å². The Morgan fingerprint density at radius 2 is 2.17 bits per heavy atom. The monoisotopic (exact) mass is 332 g/mol. The fourth-order valence-corrected chi connectivity index (χ4v) is 3.22. The van der Waals surface area contributed by atoms with Crippen LogP contribution in [0.5, 0.6) is 5.75 Å². The molecule has 0 radical (unpaired) electrons. The van der Waals surface area contributed by atoms with Crippen molar-refractivity contribution in [2.45, 2.75) is 13.1 Å². The molecule has 0 amide bonds. The molecule has 0 spiro atoms. The molecular formula is C15H18BClN4O2. The van der Waals surface area contributed by atoms with E-state index in [1.165, 1.54) is 0 Å². The number of nitrogens with zero attached hydrogens (tertiary/aromatic N) is 3. The summed E-state index contributed by atoms with van der Waals surface area (Å²) in [4.78, 5) is 10.8. The molecule has 1 aromatic carbocycles. The van der Waals surface area contributed by atoms with Crippen molar-refractivity contribution < 1.29 is 9.84 Å². The number of anilines is 1. The fourth-order valence-electron chi connectivity index (χ4n) is 2.91. The van der Waals surface area contributed by atoms with Gasteiger partial charge in [0, 0.05) is 35.8 Å². The Bertz CT molecular complexity index is 757. The van der Waals surface area contributed by atoms with E-state index in [0.29, 0.717) is 24.7 Å². The van der Waals surface area contributed by atoms with E-state index in [2.05, 4.69) is 14.9 Å². The van der Waals surface area contributed by atoms with Gasteiger partial charge in [-0.3, -0.25) is 4.90 Å². The van der Waals surface area contributed by atoms with Crippen molar-refractivity contribution in [2.24, 2.45) is 0 Å². The number of rotatable bonds is 4. The summed E-state index contributed by atoms with van der Waals surface area (Å²) < 4.78 is 5.39. The van der Waals surface area contributed by atoms with Crippen LogP contribution in [0.3, 0.4) is 0 Å². The normalized spacial score (nSPS) is 14.0. The topological polar surface area (TPSA) is 84.5 Å². The molecule has 8 heteroatoms. The second-order valence-corrected chi connectivity index (χ2v) is 6.00. The third-order valence-electron chi connectivity index (χ3n) is 4.02. The molecule has 3 rings (SSSR count). The SMILES string of the molecule is Bc1cc(Cl)c(-c2nc(N)nc3c2CN(CCO)C3)cc1OC. The summed E-state index contributed by atoms with van der Waals surface area (Å²) in [6.45, 7) is 2.00. The van der Waals surface area contributed by atoms with E-state index in [1.54, 1.807) is 7.11 Å². The average molecular weight is 333 g/mol. The highest BCUT2D eigenvalue weighted by Gasteiger charge is 2.26. The van der Waals surface area contributed by atoms with Crippen molar-refractivity contribution in [1.29, 1.82) is 0 Å². The van der Waals surface area contributed by atoms with Crippen molar-refractivity contribution in [3.63, 3.8) is 0 Å². The van der Waals surface area contributed by atoms with E-state index in [1.807, 2.05) is 20.0 Å². The number of nitrogen functional groups attached to an aromatic ring is 1. The Balaban J connectivity index is 2.12. The predicted octanol–water partition coefficient (Wildman–Crippen LogP) is -0.0459. The van der Waals surface area contributed by atoms with Gasteiger partial charge in [0.15, 0.2) is 0 Å². The van der Waals surface area contributed by atoms with Crippen LogP contribution < -0.4 is 15.9 Å². The zero-order chi connectivity index (χ0) is 16.6. The number of methoxy groups -OCH3 is 1. The van der Waals surface area contributed by atoms with Crippen LogP contribution in [-0.4, -0.2) is 48.1 Å². The van der Waals surface area contributed by atoms with Crippen molar-refractivity contribution in [2.75, 3.05) is 26.0 Å². The number of aromatic nitrogens is 2. The molecule has 3 N–H and O–H groups in total. The number of fused-ring (bicyclic) bond motifs is 1. The molecule has 120 valence electrons. The summed E-state index contributed by atoms with van der Waals surface area (Å²) in [5.41, 5.74) is 10.2. The van der Waals surface area contributed by atoms with Crippen LogP contribution in [0.2, 0.25) is 5.02 Å². The van der Waals surface area contributed by atoms with Gasteiger partial charge in [0.25, 0.3) is 0 Å². The number of aliphatic hydroxyl groups excluding tert-OH is 1. The van der Waals surface area contributed by atoms with Crippen molar-refractivity contribution in [3.8, 4) is 17.0 Å². The van der Waals surface area contributed by atoms with Crippen LogP contribution in [0.15, 0.2) is 12.1 Å². The number of hydrogen-bond acceptors (Lipinski definition) is 6. The minimum atomic E-state index is 0.103. The molecule has 0 atom stereocenters. The number of nitrogens with two attached hydrogens (primary N) is 1. The summed E-state index contributed by atoms with van der Waals surface area (Å²) in [6, 6.07) is 3.75. The highest BCUT2D eigenvalue weighted by atomic mass is 35.5. The van der Waals surface area contributed by atoms with Crippen LogP contribution in [-0.2, 0) is 13.1 Å². The molecular weight excluding hydrogens is 314 g/mol. The zero-order valence-corrected chi connectivity index (χ0v) is 13.9. The number of β-amino-alcohol motifs (C(OH)–C–C–N with tert-alkyl or cyclic N) is 1. The smallest absolute Gasteiger partial charge is 0.220 e. The Hall–Kier alpha value is -1.83. The molecule has 1 aliphatic heterocycles. The Kier molecular flexibility index (Phi) is 4.43. The molecule has 0 bridgehead atoms. The molecule has 2 aromatic rings. The predicted molar refractivity (Wildman–Crippen MR) is 92.8 cm³/mol. The second-order valence-electron chi connectivity index (χ2n) is 5.59. The Morgan fingerprint density at radius 3 is 2.87 bits per heavy atom. The largest absolute Gasteiger partial charge is 0.497 e. The lowest BCUT2D eigenvalue weighted by molar-refractivity contribution is 0.197. The van der Waals surface area contributed by atoms with Gasteiger partial charge in [-0.05, 0) is 17.6 Å². The van der Waals surface area contributed by atoms with Gasteiger partial charge in [-0.2, -0.15) is 0 Å². The summed E-state index contributed by atoms with van der Waals surface area (Å²) in [5, 5.41) is 9.75. The third-order valence-corrected chi connectivity index (χ3v) is 4.33. The van der Waals surface area contributed by atoms with Gasteiger partial charge in [0.2, 0.25) is 5.95 Å². The van der Waals surface area contributed by atoms with E-state index in [9.17, 15) is 0 Å². The van der Waals surface area contributed by atoms with Gasteiger partial charge in [-0.15, -0.1) is 0 Å². The highest BCUT2D eigenvalue weighted by Crippen LogP contribution is 2.35. The number of ether oxygens (including phenoxy) is 1. The lowest BCUT2D eigenvalue weighted by Gasteiger charge is -2.14. The standard InChI is InChI=1S/C15H18BClN4O2/c1-23-13-4-8(11(17)5-10(13)16)14-9-6-21(2-3-22)7-12(9)19-15(18)20-14/h4-5,22H,2-3,6-7,16H2,1H3,(H2,18,19,20). The minimum Gasteiger partial charge on any atom is -0.497 e. The molecule has 0 aliphatic carbocycles. The van der Waals surface area contributed by atoms with Crippen LogP contribution in [0.1, 0.15) is 11.3 Å². The summed E-state index contributed by atoms with van der Waals surface area (Å²) in [5.74, 6) is 0.973. The number of hydrogen-bond donors (Lipinski definition) is 2. The molecule has 1 aliphatic rings. The number of benzene rings is 1. The number of aliphatic hydroxyl groups is 1. The van der Waals surface area contributed by atoms with Gasteiger partial charge >= 0.3 is 0 Å². The van der Waals surface area contributed by atoms with Crippen molar-refractivity contribution in [1.82, 2.24) is 14.9 Å². The minimum absolute atomic E-state index is 0.103. The van der Waals surface area contributed by atoms with Crippen LogP contribution in [0, 0.1) is 0 Å². The first-order valence-electron chi connectivity index (χ1n) is 7.36. The lowest BCUT2D eigenvalue weighted by Crippen LogP contribution is -2.20. The lowest BCUT2D eigenvalue weighted by atomic mass is 9.92. The van der Waals surface area contributed by atoms with Crippen LogP contribution in [0.4, 0.5) is 5.95 Å². The van der Waals surface area contributed by atoms with E-state index < -0.39 is 0 Å². The first-order chi connectivity index (χ1) is 11.0. The molecule has 23 heavy (non-hydrogen) atoms. The van der Waals surface area contributed by atoms with Gasteiger partial charge in [-0.25, -0.2) is 9.97 Å². The number of halogens is 1. The fraction of sp³-hybridized carbons (Fsp3) is 0.333. The van der Waals surface area contributed by atoms with E-state index in [0.717, 1.165) is 33.7 Å². The van der Waals surface area contributed by atoms with Gasteiger partial charge in [0.1, 0.15) is 13.6 Å². The Morgan fingerprint density at radius 1 is 1.39 bits per heavy atom. The first kappa shape index (κ1) is 16.0. The highest BCUT2D eigenvalue weighted by molar-refractivity contribution is 6.39. The quantitative estimate of drug-likeness (QED) is 0.764.